The Morgan fingerprint density at radius 2 is 1.61 bits per heavy atom. The van der Waals surface area contributed by atoms with Crippen molar-refractivity contribution in [3.05, 3.63) is 117 Å². The summed E-state index contributed by atoms with van der Waals surface area (Å²) in [5.74, 6) is -3.87. The summed E-state index contributed by atoms with van der Waals surface area (Å²) >= 11 is 0. The standard InChI is InChI=1S/C51H63FN4O9Si/c1-12-53-40-33-26-31-25-32-36(44(61-27-29-19-15-13-16-20-29)41-37(39(32)52)34(55(8)9)23-24-56(41)48(60)63-49(2,3)4)42(57)35(31)45(58)51(33,65-66(10,11)50(5,6)7)46(59)38-43(40)64-54-47(38)62-28-30-21-17-14-18-22-30/h13-22,31,33-34,40,53,58H,12,23-28H2,1-11H3/t31-,33-,34?,40-,51-/m0/s1. The lowest BCUT2D eigenvalue weighted by molar-refractivity contribution is -0.0321. The molecular weight excluding hydrogens is 860 g/mol. The maximum absolute atomic E-state index is 18.0. The molecule has 0 saturated heterocycles. The van der Waals surface area contributed by atoms with Gasteiger partial charge in [-0.2, -0.15) is 0 Å². The number of Topliss-reactive ketones (excluding diaryl/α,β-unsaturated/α-hetero) is 2. The Morgan fingerprint density at radius 3 is 2.18 bits per heavy atom. The van der Waals surface area contributed by atoms with Gasteiger partial charge in [0, 0.05) is 35.2 Å². The average molecular weight is 923 g/mol. The number of carbonyl (C=O) groups is 3. The molecule has 0 spiro atoms. The molecule has 13 nitrogen and oxygen atoms in total. The van der Waals surface area contributed by atoms with Crippen LogP contribution < -0.4 is 19.7 Å². The predicted molar refractivity (Wildman–Crippen MR) is 250 cm³/mol. The highest BCUT2D eigenvalue weighted by molar-refractivity contribution is 6.74. The van der Waals surface area contributed by atoms with Crippen LogP contribution in [0.2, 0.25) is 18.1 Å². The minimum atomic E-state index is -3.03. The lowest BCUT2D eigenvalue weighted by Crippen LogP contribution is -2.65. The summed E-state index contributed by atoms with van der Waals surface area (Å²) in [6.45, 7) is 18.0. The van der Waals surface area contributed by atoms with E-state index in [0.717, 1.165) is 11.1 Å². The van der Waals surface area contributed by atoms with Gasteiger partial charge in [0.15, 0.2) is 31.2 Å². The normalized spacial score (nSPS) is 22.9. The average Bonchev–Trinajstić information content (AvgIpc) is 3.68. The highest BCUT2D eigenvalue weighted by atomic mass is 28.4. The summed E-state index contributed by atoms with van der Waals surface area (Å²) in [6.07, 6.45) is -0.204. The van der Waals surface area contributed by atoms with Gasteiger partial charge in [0.2, 0.25) is 5.78 Å². The Balaban J connectivity index is 1.37. The van der Waals surface area contributed by atoms with Crippen LogP contribution in [0.15, 0.2) is 76.5 Å². The van der Waals surface area contributed by atoms with E-state index in [1.165, 1.54) is 4.90 Å². The number of halogens is 1. The van der Waals surface area contributed by atoms with Crippen LogP contribution in [0, 0.1) is 17.7 Å². The van der Waals surface area contributed by atoms with Crippen molar-refractivity contribution in [3.8, 4) is 11.6 Å². The van der Waals surface area contributed by atoms with Gasteiger partial charge >= 0.3 is 6.09 Å². The quantitative estimate of drug-likeness (QED) is 0.138. The van der Waals surface area contributed by atoms with Crippen molar-refractivity contribution >= 4 is 31.7 Å². The number of anilines is 1. The fraction of sp³-hybridized carbons (Fsp3) is 0.490. The molecule has 15 heteroatoms. The lowest BCUT2D eigenvalue weighted by atomic mass is 9.58. The van der Waals surface area contributed by atoms with Crippen LogP contribution in [0.1, 0.15) is 122 Å². The van der Waals surface area contributed by atoms with Crippen LogP contribution in [-0.4, -0.2) is 79.5 Å². The topological polar surface area (TPSA) is 153 Å². The van der Waals surface area contributed by atoms with Crippen LogP contribution in [0.4, 0.5) is 14.9 Å². The van der Waals surface area contributed by atoms with Gasteiger partial charge in [-0.15, -0.1) is 0 Å². The Hall–Kier alpha value is -5.35. The number of allylic oxidation sites excluding steroid dienone is 1. The zero-order valence-corrected chi connectivity index (χ0v) is 41.0. The summed E-state index contributed by atoms with van der Waals surface area (Å²) in [5, 5.41) is 20.6. The zero-order valence-electron chi connectivity index (χ0n) is 40.0. The molecule has 5 atom stereocenters. The number of nitrogens with one attached hydrogen (secondary N) is 1. The molecule has 8 rings (SSSR count). The molecule has 0 fully saturated rings. The van der Waals surface area contributed by atoms with Gasteiger partial charge in [-0.05, 0) is 101 Å². The largest absolute Gasteiger partial charge is 0.508 e. The van der Waals surface area contributed by atoms with E-state index in [-0.39, 0.29) is 83.5 Å². The molecule has 0 saturated carbocycles. The van der Waals surface area contributed by atoms with E-state index in [4.69, 9.17) is 23.2 Å². The van der Waals surface area contributed by atoms with Gasteiger partial charge in [-0.1, -0.05) is 88.4 Å². The predicted octanol–water partition coefficient (Wildman–Crippen LogP) is 10.2. The molecule has 0 bridgehead atoms. The number of benzene rings is 3. The van der Waals surface area contributed by atoms with Gasteiger partial charge < -0.3 is 38.5 Å². The molecule has 2 N–H and O–H groups in total. The number of aromatic nitrogens is 1. The van der Waals surface area contributed by atoms with E-state index in [1.54, 1.807) is 20.8 Å². The molecule has 4 aliphatic rings. The third-order valence-electron chi connectivity index (χ3n) is 14.0. The Morgan fingerprint density at radius 1 is 0.985 bits per heavy atom. The SMILES string of the molecule is CCN[C@@H]1c2onc(OCc3ccccc3)c2C(=O)[C@@]2(O[Si](C)(C)C(C)(C)C)C(O)=C3C(=O)c4c(c(F)c5c(c4OCc4ccccc4)N(C(=O)OC(C)(C)C)CCC5N(C)C)C[C@H]3C[C@@H]12. The van der Waals surface area contributed by atoms with Crippen LogP contribution >= 0.6 is 0 Å². The number of nitrogens with zero attached hydrogens (tertiary/aromatic N) is 3. The number of ketones is 2. The van der Waals surface area contributed by atoms with Crippen molar-refractivity contribution in [2.24, 2.45) is 11.8 Å². The van der Waals surface area contributed by atoms with Crippen LogP contribution in [0.3, 0.4) is 0 Å². The molecule has 3 aliphatic carbocycles. The molecule has 4 aromatic rings. The first kappa shape index (κ1) is 47.2. The van der Waals surface area contributed by atoms with Gasteiger partial charge in [0.25, 0.3) is 5.88 Å². The number of hydrogen-bond donors (Lipinski definition) is 2. The van der Waals surface area contributed by atoms with Crippen molar-refractivity contribution < 1.29 is 47.0 Å². The number of hydrogen-bond acceptors (Lipinski definition) is 12. The van der Waals surface area contributed by atoms with Gasteiger partial charge in [-0.25, -0.2) is 9.18 Å². The monoisotopic (exact) mass is 922 g/mol. The number of carbonyl (C=O) groups excluding carboxylic acids is 3. The van der Waals surface area contributed by atoms with Crippen molar-refractivity contribution in [1.82, 2.24) is 15.4 Å². The summed E-state index contributed by atoms with van der Waals surface area (Å²) in [5.41, 5.74) is -1.08. The third-order valence-corrected chi connectivity index (χ3v) is 18.4. The van der Waals surface area contributed by atoms with Crippen LogP contribution in [-0.2, 0) is 28.8 Å². The minimum Gasteiger partial charge on any atom is -0.508 e. The molecule has 1 unspecified atom stereocenters. The van der Waals surface area contributed by atoms with E-state index in [2.05, 4.69) is 10.5 Å². The Kier molecular flexibility index (Phi) is 12.4. The second-order valence-electron chi connectivity index (χ2n) is 20.7. The molecule has 2 heterocycles. The first-order valence-corrected chi connectivity index (χ1v) is 25.9. The van der Waals surface area contributed by atoms with Crippen LogP contribution in [0.5, 0.6) is 11.6 Å². The highest BCUT2D eigenvalue weighted by Crippen LogP contribution is 2.60. The first-order chi connectivity index (χ1) is 31.1. The Bertz CT molecular complexity index is 2560. The van der Waals surface area contributed by atoms with E-state index >= 15 is 14.0 Å². The number of ether oxygens (including phenoxy) is 3. The molecule has 3 aromatic carbocycles. The Labute approximate surface area is 387 Å². The van der Waals surface area contributed by atoms with Gasteiger partial charge in [0.1, 0.15) is 36.0 Å². The molecule has 1 aromatic heterocycles. The van der Waals surface area contributed by atoms with Crippen molar-refractivity contribution in [2.45, 2.75) is 122 Å². The lowest BCUT2D eigenvalue weighted by Gasteiger charge is -2.54. The van der Waals surface area contributed by atoms with E-state index in [1.807, 2.05) is 120 Å². The highest BCUT2D eigenvalue weighted by Gasteiger charge is 2.67. The smallest absolute Gasteiger partial charge is 0.414 e. The summed E-state index contributed by atoms with van der Waals surface area (Å²) in [4.78, 5) is 49.1. The minimum absolute atomic E-state index is 0.00585. The molecule has 1 aliphatic heterocycles. The molecule has 66 heavy (non-hydrogen) atoms. The van der Waals surface area contributed by atoms with Gasteiger partial charge in [0.05, 0.1) is 17.3 Å². The van der Waals surface area contributed by atoms with Crippen molar-refractivity contribution in [3.63, 3.8) is 0 Å². The molecule has 1 amide bonds. The summed E-state index contributed by atoms with van der Waals surface area (Å²) in [6, 6.07) is 17.6. The number of rotatable bonds is 11. The maximum atomic E-state index is 18.0. The second kappa shape index (κ2) is 17.4. The molecule has 352 valence electrons. The van der Waals surface area contributed by atoms with Crippen molar-refractivity contribution in [2.75, 3.05) is 32.1 Å². The number of fused-ring (bicyclic) bond motifs is 5. The van der Waals surface area contributed by atoms with Crippen molar-refractivity contribution in [1.29, 1.82) is 0 Å². The third kappa shape index (κ3) is 8.04. The molecular formula is C51H63FN4O9Si. The van der Waals surface area contributed by atoms with E-state index < -0.39 is 77.7 Å². The van der Waals surface area contributed by atoms with Gasteiger partial charge in [-0.3, -0.25) is 14.5 Å². The second-order valence-corrected chi connectivity index (χ2v) is 25.5. The summed E-state index contributed by atoms with van der Waals surface area (Å²) in [7, 11) is 0.676. The van der Waals surface area contributed by atoms with Crippen LogP contribution in [0.25, 0.3) is 0 Å². The first-order valence-electron chi connectivity index (χ1n) is 23.0. The fourth-order valence-electron chi connectivity index (χ4n) is 9.90. The number of aliphatic hydroxyl groups is 1. The number of amides is 1. The fourth-order valence-corrected chi connectivity index (χ4v) is 11.4. The summed E-state index contributed by atoms with van der Waals surface area (Å²) < 4.78 is 50.2. The maximum Gasteiger partial charge on any atom is 0.414 e. The van der Waals surface area contributed by atoms with E-state index in [0.29, 0.717) is 13.0 Å². The zero-order chi connectivity index (χ0) is 47.7. The number of aliphatic hydroxyl groups excluding tert-OH is 1. The molecule has 0 radical (unpaired) electrons. The van der Waals surface area contributed by atoms with E-state index in [9.17, 15) is 9.90 Å².